The van der Waals surface area contributed by atoms with E-state index in [1.165, 1.54) is 31.5 Å². The van der Waals surface area contributed by atoms with Crippen LogP contribution >= 0.6 is 0 Å². The second-order valence-electron chi connectivity index (χ2n) is 7.77. The number of H-pyrrole nitrogens is 1. The summed E-state index contributed by atoms with van der Waals surface area (Å²) >= 11 is 0. The predicted molar refractivity (Wildman–Crippen MR) is 105 cm³/mol. The minimum atomic E-state index is -0.166. The van der Waals surface area contributed by atoms with Crippen molar-refractivity contribution in [2.45, 2.75) is 46.1 Å². The first-order chi connectivity index (χ1) is 12.5. The fourth-order valence-corrected chi connectivity index (χ4v) is 3.81. The zero-order valence-electron chi connectivity index (χ0n) is 16.0. The second kappa shape index (κ2) is 8.49. The number of aromatic nitrogens is 2. The third kappa shape index (κ3) is 4.73. The lowest BCUT2D eigenvalue weighted by atomic mass is 9.82. The van der Waals surface area contributed by atoms with E-state index in [1.807, 2.05) is 12.1 Å². The summed E-state index contributed by atoms with van der Waals surface area (Å²) < 4.78 is 0. The first kappa shape index (κ1) is 18.6. The lowest BCUT2D eigenvalue weighted by Gasteiger charge is -2.39. The Kier molecular flexibility index (Phi) is 6.09. The van der Waals surface area contributed by atoms with E-state index < -0.39 is 0 Å². The Balaban J connectivity index is 1.48. The molecule has 1 aliphatic heterocycles. The number of nitrogens with zero attached hydrogens (tertiary/aromatic N) is 2. The first-order valence-corrected chi connectivity index (χ1v) is 9.66. The molecule has 0 unspecified atom stereocenters. The summed E-state index contributed by atoms with van der Waals surface area (Å²) in [6, 6.07) is 10.5. The van der Waals surface area contributed by atoms with Crippen LogP contribution in [0.3, 0.4) is 0 Å². The van der Waals surface area contributed by atoms with Gasteiger partial charge >= 0.3 is 0 Å². The molecule has 0 saturated carbocycles. The Morgan fingerprint density at radius 3 is 2.69 bits per heavy atom. The molecule has 2 aromatic rings. The molecule has 1 aromatic heterocycles. The van der Waals surface area contributed by atoms with Crippen molar-refractivity contribution >= 4 is 11.6 Å². The molecule has 0 radical (unpaired) electrons. The standard InChI is InChI=1S/C21H30N4O/c1-15(2)25-13-11-18(16(3)14-25)7-4-17-5-8-19(9-6-17)23-21(26)20-10-12-22-24-20/h5-6,8-10,12,15-16,18H,4,7,11,13-14H2,1-3H3,(H,22,24)(H,23,26)/t16-,18-/m1/s1. The van der Waals surface area contributed by atoms with E-state index in [4.69, 9.17) is 0 Å². The van der Waals surface area contributed by atoms with E-state index in [9.17, 15) is 4.79 Å². The molecule has 5 heteroatoms. The van der Waals surface area contributed by atoms with Gasteiger partial charge in [-0.3, -0.25) is 9.89 Å². The van der Waals surface area contributed by atoms with Gasteiger partial charge in [-0.1, -0.05) is 19.1 Å². The van der Waals surface area contributed by atoms with Crippen LogP contribution in [0.1, 0.15) is 49.7 Å². The van der Waals surface area contributed by atoms with Gasteiger partial charge in [-0.15, -0.1) is 0 Å². The Bertz CT molecular complexity index is 693. The molecule has 1 aromatic carbocycles. The van der Waals surface area contributed by atoms with Gasteiger partial charge in [0.25, 0.3) is 5.91 Å². The highest BCUT2D eigenvalue weighted by atomic mass is 16.1. The van der Waals surface area contributed by atoms with Crippen molar-refractivity contribution < 1.29 is 4.79 Å². The number of nitrogens with one attached hydrogen (secondary N) is 2. The summed E-state index contributed by atoms with van der Waals surface area (Å²) in [6.07, 6.45) is 5.22. The predicted octanol–water partition coefficient (Wildman–Crippen LogP) is 3.96. The fourth-order valence-electron chi connectivity index (χ4n) is 3.81. The van der Waals surface area contributed by atoms with Crippen LogP contribution in [0.4, 0.5) is 5.69 Å². The Morgan fingerprint density at radius 1 is 1.31 bits per heavy atom. The first-order valence-electron chi connectivity index (χ1n) is 9.66. The van der Waals surface area contributed by atoms with Gasteiger partial charge in [0, 0.05) is 24.5 Å². The lowest BCUT2D eigenvalue weighted by molar-refractivity contribution is 0.0981. The minimum Gasteiger partial charge on any atom is -0.321 e. The molecule has 1 saturated heterocycles. The van der Waals surface area contributed by atoms with Crippen LogP contribution in [0.25, 0.3) is 0 Å². The molecule has 2 N–H and O–H groups in total. The number of likely N-dealkylation sites (tertiary alicyclic amines) is 1. The van der Waals surface area contributed by atoms with E-state index in [1.54, 1.807) is 12.3 Å². The molecule has 0 bridgehead atoms. The Labute approximate surface area is 156 Å². The smallest absolute Gasteiger partial charge is 0.273 e. The molecule has 1 amide bonds. The molecule has 140 valence electrons. The largest absolute Gasteiger partial charge is 0.321 e. The van der Waals surface area contributed by atoms with Crippen LogP contribution in [0.15, 0.2) is 36.5 Å². The van der Waals surface area contributed by atoms with Crippen LogP contribution in [0.5, 0.6) is 0 Å². The van der Waals surface area contributed by atoms with Gasteiger partial charge < -0.3 is 10.2 Å². The number of hydrogen-bond donors (Lipinski definition) is 2. The number of piperidine rings is 1. The fraction of sp³-hybridized carbons (Fsp3) is 0.524. The summed E-state index contributed by atoms with van der Waals surface area (Å²) in [4.78, 5) is 14.6. The normalized spacial score (nSPS) is 21.1. The number of carbonyl (C=O) groups excluding carboxylic acids is 1. The minimum absolute atomic E-state index is 0.166. The van der Waals surface area contributed by atoms with Gasteiger partial charge in [-0.2, -0.15) is 5.10 Å². The van der Waals surface area contributed by atoms with E-state index >= 15 is 0 Å². The number of carbonyl (C=O) groups is 1. The molecule has 2 atom stereocenters. The monoisotopic (exact) mass is 354 g/mol. The van der Waals surface area contributed by atoms with Crippen molar-refractivity contribution in [2.75, 3.05) is 18.4 Å². The molecule has 1 aliphatic rings. The second-order valence-corrected chi connectivity index (χ2v) is 7.77. The SMILES string of the molecule is CC(C)N1CC[C@@H](CCc2ccc(NC(=O)c3ccn[nH]3)cc2)[C@H](C)C1. The van der Waals surface area contributed by atoms with Crippen molar-refractivity contribution in [2.24, 2.45) is 11.8 Å². The zero-order chi connectivity index (χ0) is 18.5. The zero-order valence-corrected chi connectivity index (χ0v) is 16.0. The number of aromatic amines is 1. The summed E-state index contributed by atoms with van der Waals surface area (Å²) in [7, 11) is 0. The van der Waals surface area contributed by atoms with Crippen LogP contribution < -0.4 is 5.32 Å². The molecule has 0 aliphatic carbocycles. The maximum atomic E-state index is 12.0. The van der Waals surface area contributed by atoms with E-state index in [0.29, 0.717) is 11.7 Å². The number of benzene rings is 1. The molecular weight excluding hydrogens is 324 g/mol. The molecule has 26 heavy (non-hydrogen) atoms. The van der Waals surface area contributed by atoms with Gasteiger partial charge in [-0.05, 0) is 75.3 Å². The van der Waals surface area contributed by atoms with Gasteiger partial charge in [0.2, 0.25) is 0 Å². The number of anilines is 1. The third-order valence-corrected chi connectivity index (χ3v) is 5.61. The molecule has 0 spiro atoms. The number of amides is 1. The van der Waals surface area contributed by atoms with Gasteiger partial charge in [0.05, 0.1) is 0 Å². The third-order valence-electron chi connectivity index (χ3n) is 5.61. The average molecular weight is 354 g/mol. The lowest BCUT2D eigenvalue weighted by Crippen LogP contribution is -2.43. The number of hydrogen-bond acceptors (Lipinski definition) is 3. The summed E-state index contributed by atoms with van der Waals surface area (Å²) in [5, 5.41) is 9.36. The summed E-state index contributed by atoms with van der Waals surface area (Å²) in [6.45, 7) is 9.43. The van der Waals surface area contributed by atoms with E-state index in [2.05, 4.69) is 53.3 Å². The summed E-state index contributed by atoms with van der Waals surface area (Å²) in [5.41, 5.74) is 2.62. The van der Waals surface area contributed by atoms with Crippen molar-refractivity contribution in [3.63, 3.8) is 0 Å². The average Bonchev–Trinajstić information content (AvgIpc) is 3.16. The van der Waals surface area contributed by atoms with E-state index in [-0.39, 0.29) is 5.91 Å². The Hall–Kier alpha value is -2.14. The topological polar surface area (TPSA) is 61.0 Å². The molecule has 1 fully saturated rings. The molecule has 3 rings (SSSR count). The van der Waals surface area contributed by atoms with E-state index in [0.717, 1.165) is 23.9 Å². The Morgan fingerprint density at radius 2 is 2.08 bits per heavy atom. The summed E-state index contributed by atoms with van der Waals surface area (Å²) in [5.74, 6) is 1.41. The van der Waals surface area contributed by atoms with Crippen LogP contribution in [0, 0.1) is 11.8 Å². The van der Waals surface area contributed by atoms with Crippen LogP contribution in [-0.2, 0) is 6.42 Å². The van der Waals surface area contributed by atoms with Crippen molar-refractivity contribution in [3.8, 4) is 0 Å². The molecular formula is C21H30N4O. The highest BCUT2D eigenvalue weighted by Gasteiger charge is 2.26. The molecule has 5 nitrogen and oxygen atoms in total. The highest BCUT2D eigenvalue weighted by molar-refractivity contribution is 6.02. The van der Waals surface area contributed by atoms with Gasteiger partial charge in [-0.25, -0.2) is 0 Å². The van der Waals surface area contributed by atoms with Gasteiger partial charge in [0.1, 0.15) is 5.69 Å². The quantitative estimate of drug-likeness (QED) is 0.825. The van der Waals surface area contributed by atoms with Crippen molar-refractivity contribution in [3.05, 3.63) is 47.8 Å². The maximum Gasteiger partial charge on any atom is 0.273 e. The van der Waals surface area contributed by atoms with Crippen molar-refractivity contribution in [1.29, 1.82) is 0 Å². The number of aryl methyl sites for hydroxylation is 1. The van der Waals surface area contributed by atoms with Gasteiger partial charge in [0.15, 0.2) is 0 Å². The van der Waals surface area contributed by atoms with Crippen molar-refractivity contribution in [1.82, 2.24) is 15.1 Å². The maximum absolute atomic E-state index is 12.0. The van der Waals surface area contributed by atoms with Crippen LogP contribution in [0.2, 0.25) is 0 Å². The molecule has 2 heterocycles. The highest BCUT2D eigenvalue weighted by Crippen LogP contribution is 2.28. The number of rotatable bonds is 6. The van der Waals surface area contributed by atoms with Crippen LogP contribution in [-0.4, -0.2) is 40.1 Å².